The van der Waals surface area contributed by atoms with E-state index in [0.717, 1.165) is 18.7 Å². The number of rotatable bonds is 5. The van der Waals surface area contributed by atoms with Crippen molar-refractivity contribution in [1.29, 1.82) is 0 Å². The van der Waals surface area contributed by atoms with Crippen molar-refractivity contribution in [1.82, 2.24) is 9.97 Å². The van der Waals surface area contributed by atoms with E-state index in [0.29, 0.717) is 35.0 Å². The van der Waals surface area contributed by atoms with Crippen molar-refractivity contribution in [3.8, 4) is 5.75 Å². The number of piperidine rings is 1. The van der Waals surface area contributed by atoms with E-state index < -0.39 is 5.91 Å². The van der Waals surface area contributed by atoms with Crippen LogP contribution in [0.5, 0.6) is 5.75 Å². The van der Waals surface area contributed by atoms with Crippen molar-refractivity contribution < 1.29 is 13.9 Å². The number of ether oxygens (including phenoxy) is 1. The number of anilines is 3. The van der Waals surface area contributed by atoms with Crippen LogP contribution in [-0.2, 0) is 0 Å². The van der Waals surface area contributed by atoms with Gasteiger partial charge in [0, 0.05) is 31.4 Å². The molecule has 2 atom stereocenters. The van der Waals surface area contributed by atoms with Gasteiger partial charge in [0.1, 0.15) is 16.8 Å². The predicted octanol–water partition coefficient (Wildman–Crippen LogP) is 3.02. The van der Waals surface area contributed by atoms with Crippen LogP contribution in [0.25, 0.3) is 11.1 Å². The number of carbonyl (C=O) groups excluding carboxylic acids is 1. The van der Waals surface area contributed by atoms with Crippen molar-refractivity contribution in [2.75, 3.05) is 29.0 Å². The fraction of sp³-hybridized carbons (Fsp3) is 0.409. The van der Waals surface area contributed by atoms with Gasteiger partial charge in [0.15, 0.2) is 5.58 Å². The molecule has 4 rings (SSSR count). The molecular formula is C22H28N6O3. The van der Waals surface area contributed by atoms with Gasteiger partial charge in [-0.1, -0.05) is 6.92 Å². The Bertz CT molecular complexity index is 1090. The number of pyridine rings is 2. The molecule has 1 aliphatic rings. The molecule has 3 aromatic rings. The van der Waals surface area contributed by atoms with E-state index in [1.165, 1.54) is 0 Å². The van der Waals surface area contributed by atoms with E-state index in [1.54, 1.807) is 24.7 Å². The molecule has 0 aliphatic carbocycles. The first kappa shape index (κ1) is 20.9. The Hall–Kier alpha value is -3.33. The molecule has 1 aliphatic heterocycles. The largest absolute Gasteiger partial charge is 0.489 e. The number of nitrogens with one attached hydrogen (secondary N) is 1. The van der Waals surface area contributed by atoms with Gasteiger partial charge in [-0.2, -0.15) is 0 Å². The van der Waals surface area contributed by atoms with Crippen LogP contribution in [-0.4, -0.2) is 41.1 Å². The third-order valence-electron chi connectivity index (χ3n) is 5.21. The number of nitrogens with zero attached hydrogens (tertiary/aromatic N) is 3. The summed E-state index contributed by atoms with van der Waals surface area (Å²) in [6.45, 7) is 7.58. The lowest BCUT2D eigenvalue weighted by molar-refractivity contribution is 0.102. The van der Waals surface area contributed by atoms with E-state index in [9.17, 15) is 4.79 Å². The summed E-state index contributed by atoms with van der Waals surface area (Å²) in [4.78, 5) is 23.8. The lowest BCUT2D eigenvalue weighted by atomic mass is 9.96. The monoisotopic (exact) mass is 424 g/mol. The van der Waals surface area contributed by atoms with Gasteiger partial charge in [0.25, 0.3) is 5.91 Å². The number of nitrogens with two attached hydrogens (primary N) is 2. The number of amides is 1. The highest BCUT2D eigenvalue weighted by atomic mass is 16.5. The van der Waals surface area contributed by atoms with Gasteiger partial charge >= 0.3 is 0 Å². The standard InChI is InChI=1S/C22H28N6O3/c1-12(2)30-15-7-18-20(26-8-15)19(21(24)31-18)22(29)27-16-9-25-5-4-17(16)28-10-13(3)6-14(23)11-28/h4-5,7-9,12-14H,6,10-11,23-24H2,1-3H3,(H,27,29)/t13-,14+/m0/s1. The minimum absolute atomic E-state index is 0.000698. The zero-order valence-corrected chi connectivity index (χ0v) is 18.0. The first-order chi connectivity index (χ1) is 14.8. The van der Waals surface area contributed by atoms with E-state index in [4.69, 9.17) is 20.6 Å². The Balaban J connectivity index is 1.62. The average molecular weight is 425 g/mol. The van der Waals surface area contributed by atoms with Crippen LogP contribution in [0.3, 0.4) is 0 Å². The summed E-state index contributed by atoms with van der Waals surface area (Å²) in [5, 5.41) is 2.92. The molecule has 1 fully saturated rings. The van der Waals surface area contributed by atoms with E-state index in [1.807, 2.05) is 19.9 Å². The third kappa shape index (κ3) is 4.41. The quantitative estimate of drug-likeness (QED) is 0.569. The molecule has 1 amide bonds. The zero-order valence-electron chi connectivity index (χ0n) is 18.0. The third-order valence-corrected chi connectivity index (χ3v) is 5.21. The fourth-order valence-electron chi connectivity index (χ4n) is 4.07. The normalized spacial score (nSPS) is 19.1. The second-order valence-corrected chi connectivity index (χ2v) is 8.38. The van der Waals surface area contributed by atoms with E-state index in [-0.39, 0.29) is 23.6 Å². The van der Waals surface area contributed by atoms with Gasteiger partial charge in [0.2, 0.25) is 5.88 Å². The van der Waals surface area contributed by atoms with Gasteiger partial charge in [-0.25, -0.2) is 4.98 Å². The number of furan rings is 1. The zero-order chi connectivity index (χ0) is 22.1. The lowest BCUT2D eigenvalue weighted by Crippen LogP contribution is -2.46. The lowest BCUT2D eigenvalue weighted by Gasteiger charge is -2.37. The Labute approximate surface area is 180 Å². The number of fused-ring (bicyclic) bond motifs is 1. The Kier molecular flexibility index (Phi) is 5.69. The molecule has 1 saturated heterocycles. The molecule has 0 aromatic carbocycles. The molecule has 164 valence electrons. The average Bonchev–Trinajstić information content (AvgIpc) is 3.02. The van der Waals surface area contributed by atoms with Gasteiger partial charge < -0.3 is 30.8 Å². The smallest absolute Gasteiger partial charge is 0.263 e. The summed E-state index contributed by atoms with van der Waals surface area (Å²) in [5.74, 6) is 0.597. The van der Waals surface area contributed by atoms with Crippen LogP contribution in [0, 0.1) is 5.92 Å². The van der Waals surface area contributed by atoms with Gasteiger partial charge in [-0.05, 0) is 32.3 Å². The summed E-state index contributed by atoms with van der Waals surface area (Å²) >= 11 is 0. The first-order valence-corrected chi connectivity index (χ1v) is 10.4. The van der Waals surface area contributed by atoms with Crippen molar-refractivity contribution in [3.05, 3.63) is 36.3 Å². The Morgan fingerprint density at radius 3 is 2.90 bits per heavy atom. The van der Waals surface area contributed by atoms with Crippen molar-refractivity contribution in [2.24, 2.45) is 11.7 Å². The van der Waals surface area contributed by atoms with Gasteiger partial charge in [0.05, 0.1) is 29.9 Å². The maximum Gasteiger partial charge on any atom is 0.263 e. The predicted molar refractivity (Wildman–Crippen MR) is 120 cm³/mol. The van der Waals surface area contributed by atoms with Crippen molar-refractivity contribution >= 4 is 34.3 Å². The fourth-order valence-corrected chi connectivity index (χ4v) is 4.07. The second kappa shape index (κ2) is 8.43. The van der Waals surface area contributed by atoms with Crippen LogP contribution >= 0.6 is 0 Å². The molecule has 31 heavy (non-hydrogen) atoms. The van der Waals surface area contributed by atoms with E-state index >= 15 is 0 Å². The molecular weight excluding hydrogens is 396 g/mol. The molecule has 0 radical (unpaired) electrons. The summed E-state index contributed by atoms with van der Waals surface area (Å²) < 4.78 is 11.2. The van der Waals surface area contributed by atoms with Gasteiger partial charge in [-0.3, -0.25) is 9.78 Å². The minimum Gasteiger partial charge on any atom is -0.489 e. The number of carbonyl (C=O) groups is 1. The summed E-state index contributed by atoms with van der Waals surface area (Å²) in [6.07, 6.45) is 5.85. The van der Waals surface area contributed by atoms with Crippen molar-refractivity contribution in [3.63, 3.8) is 0 Å². The van der Waals surface area contributed by atoms with Crippen LogP contribution in [0.2, 0.25) is 0 Å². The second-order valence-electron chi connectivity index (χ2n) is 8.38. The van der Waals surface area contributed by atoms with E-state index in [2.05, 4.69) is 27.1 Å². The topological polar surface area (TPSA) is 133 Å². The van der Waals surface area contributed by atoms with Crippen LogP contribution in [0.1, 0.15) is 37.6 Å². The highest BCUT2D eigenvalue weighted by Gasteiger charge is 2.26. The Morgan fingerprint density at radius 1 is 1.35 bits per heavy atom. The van der Waals surface area contributed by atoms with Crippen molar-refractivity contribution in [2.45, 2.75) is 39.3 Å². The van der Waals surface area contributed by atoms with Gasteiger partial charge in [-0.15, -0.1) is 0 Å². The number of hydrogen-bond acceptors (Lipinski definition) is 8. The summed E-state index contributed by atoms with van der Waals surface area (Å²) in [6, 6.07) is 3.65. The highest BCUT2D eigenvalue weighted by molar-refractivity contribution is 6.15. The molecule has 9 heteroatoms. The maximum atomic E-state index is 13.1. The number of aromatic nitrogens is 2. The maximum absolute atomic E-state index is 13.1. The summed E-state index contributed by atoms with van der Waals surface area (Å²) in [7, 11) is 0. The molecule has 3 aromatic heterocycles. The molecule has 0 bridgehead atoms. The molecule has 4 heterocycles. The number of nitrogen functional groups attached to an aromatic ring is 1. The Morgan fingerprint density at radius 2 is 2.16 bits per heavy atom. The first-order valence-electron chi connectivity index (χ1n) is 10.4. The number of hydrogen-bond donors (Lipinski definition) is 3. The van der Waals surface area contributed by atoms with Crippen LogP contribution in [0.15, 0.2) is 35.1 Å². The highest BCUT2D eigenvalue weighted by Crippen LogP contribution is 2.32. The van der Waals surface area contributed by atoms with Crippen LogP contribution < -0.4 is 26.4 Å². The summed E-state index contributed by atoms with van der Waals surface area (Å²) in [5.41, 5.74) is 14.7. The minimum atomic E-state index is -0.412. The SMILES string of the molecule is CC(C)Oc1cnc2c(C(=O)Nc3cnccc3N3C[C@@H](C)C[C@@H](N)C3)c(N)oc2c1. The molecule has 0 saturated carbocycles. The molecule has 0 unspecified atom stereocenters. The molecule has 0 spiro atoms. The van der Waals surface area contributed by atoms with Crippen LogP contribution in [0.4, 0.5) is 17.3 Å². The molecule has 9 nitrogen and oxygen atoms in total. The molecule has 5 N–H and O–H groups in total.